The summed E-state index contributed by atoms with van der Waals surface area (Å²) in [6, 6.07) is 48.6. The molecular weight excluding hydrogens is 562 g/mol. The third-order valence-electron chi connectivity index (χ3n) is 9.08. The lowest BCUT2D eigenvalue weighted by Crippen LogP contribution is -2.35. The van der Waals surface area contributed by atoms with Gasteiger partial charge in [-0.2, -0.15) is 0 Å². The van der Waals surface area contributed by atoms with Crippen LogP contribution in [0.25, 0.3) is 46.1 Å². The van der Waals surface area contributed by atoms with E-state index in [1.54, 1.807) is 6.20 Å². The standard InChI is InChI=1S/C42H27N3O/c1-2-12-30(13-3-1)37-26-38(45-41(44-37)32-14-10-24-43-27-32)31-23-22-29-21-20-28-11-4-5-15-33(28)42(36(29)25-31)34-16-6-8-18-39(34)46-40-19-9-7-17-35(40)42/h1-27H. The number of hydrogen-bond acceptors (Lipinski definition) is 4. The number of rotatable bonds is 3. The first-order chi connectivity index (χ1) is 22.8. The first kappa shape index (κ1) is 26.3. The van der Waals surface area contributed by atoms with E-state index in [0.29, 0.717) is 5.82 Å². The van der Waals surface area contributed by atoms with E-state index in [9.17, 15) is 0 Å². The molecule has 0 saturated heterocycles. The molecule has 46 heavy (non-hydrogen) atoms. The summed E-state index contributed by atoms with van der Waals surface area (Å²) in [4.78, 5) is 14.5. The zero-order chi connectivity index (χ0) is 30.5. The minimum atomic E-state index is -0.627. The fourth-order valence-corrected chi connectivity index (χ4v) is 7.05. The minimum Gasteiger partial charge on any atom is -0.457 e. The molecule has 0 fully saturated rings. The van der Waals surface area contributed by atoms with Gasteiger partial charge in [-0.25, -0.2) is 9.97 Å². The Kier molecular flexibility index (Phi) is 6.00. The van der Waals surface area contributed by atoms with Crippen molar-refractivity contribution in [2.45, 2.75) is 5.41 Å². The van der Waals surface area contributed by atoms with Crippen LogP contribution in [0.3, 0.4) is 0 Å². The molecular formula is C42H27N3O. The Bertz CT molecular complexity index is 2190. The first-order valence-corrected chi connectivity index (χ1v) is 15.4. The summed E-state index contributed by atoms with van der Waals surface area (Å²) in [6.07, 6.45) is 8.07. The van der Waals surface area contributed by atoms with Gasteiger partial charge in [0.25, 0.3) is 0 Å². The summed E-state index contributed by atoms with van der Waals surface area (Å²) >= 11 is 0. The second-order valence-corrected chi connectivity index (χ2v) is 11.6. The molecule has 9 rings (SSSR count). The molecule has 0 bridgehead atoms. The van der Waals surface area contributed by atoms with Crippen LogP contribution in [0.2, 0.25) is 0 Å². The summed E-state index contributed by atoms with van der Waals surface area (Å²) in [6.45, 7) is 0. The van der Waals surface area contributed by atoms with E-state index in [4.69, 9.17) is 14.7 Å². The highest BCUT2D eigenvalue weighted by atomic mass is 16.5. The number of fused-ring (bicyclic) bond motifs is 8. The Balaban J connectivity index is 1.35. The molecule has 216 valence electrons. The van der Waals surface area contributed by atoms with Crippen LogP contribution < -0.4 is 4.74 Å². The van der Waals surface area contributed by atoms with Gasteiger partial charge in [-0.05, 0) is 58.7 Å². The van der Waals surface area contributed by atoms with Crippen LogP contribution in [-0.4, -0.2) is 15.0 Å². The van der Waals surface area contributed by atoms with E-state index < -0.39 is 5.41 Å². The van der Waals surface area contributed by atoms with E-state index in [2.05, 4.69) is 114 Å². The molecule has 7 aromatic rings. The normalized spacial score (nSPS) is 13.5. The molecule has 1 spiro atoms. The van der Waals surface area contributed by atoms with Crippen molar-refractivity contribution in [2.24, 2.45) is 0 Å². The van der Waals surface area contributed by atoms with Gasteiger partial charge in [0.2, 0.25) is 0 Å². The molecule has 0 N–H and O–H groups in total. The van der Waals surface area contributed by atoms with Gasteiger partial charge in [0, 0.05) is 40.2 Å². The zero-order valence-electron chi connectivity index (χ0n) is 24.8. The third-order valence-corrected chi connectivity index (χ3v) is 9.08. The van der Waals surface area contributed by atoms with Crippen LogP contribution in [-0.2, 0) is 5.41 Å². The Morgan fingerprint density at radius 3 is 1.78 bits per heavy atom. The predicted octanol–water partition coefficient (Wildman–Crippen LogP) is 9.84. The third kappa shape index (κ3) is 4.04. The van der Waals surface area contributed by atoms with Gasteiger partial charge in [-0.3, -0.25) is 4.98 Å². The smallest absolute Gasteiger partial charge is 0.161 e. The number of ether oxygens (including phenoxy) is 1. The van der Waals surface area contributed by atoms with Crippen molar-refractivity contribution in [3.63, 3.8) is 0 Å². The monoisotopic (exact) mass is 589 g/mol. The van der Waals surface area contributed by atoms with Crippen molar-refractivity contribution in [3.8, 4) is 45.4 Å². The Labute approximate surface area is 267 Å². The summed E-state index contributed by atoms with van der Waals surface area (Å²) in [5.41, 5.74) is 11.0. The zero-order valence-corrected chi connectivity index (χ0v) is 24.8. The van der Waals surface area contributed by atoms with Crippen LogP contribution in [0.15, 0.2) is 152 Å². The van der Waals surface area contributed by atoms with Crippen molar-refractivity contribution < 1.29 is 4.74 Å². The van der Waals surface area contributed by atoms with Gasteiger partial charge in [-0.15, -0.1) is 0 Å². The molecule has 3 heterocycles. The Morgan fingerprint density at radius 1 is 0.457 bits per heavy atom. The maximum atomic E-state index is 6.57. The van der Waals surface area contributed by atoms with Crippen LogP contribution >= 0.6 is 0 Å². The predicted molar refractivity (Wildman–Crippen MR) is 183 cm³/mol. The fourth-order valence-electron chi connectivity index (χ4n) is 7.05. The van der Waals surface area contributed by atoms with Gasteiger partial charge in [0.1, 0.15) is 11.5 Å². The molecule has 2 aromatic heterocycles. The summed E-state index contributed by atoms with van der Waals surface area (Å²) < 4.78 is 6.57. The van der Waals surface area contributed by atoms with E-state index in [-0.39, 0.29) is 0 Å². The Morgan fingerprint density at radius 2 is 1.07 bits per heavy atom. The van der Waals surface area contributed by atoms with E-state index in [0.717, 1.165) is 56.3 Å². The first-order valence-electron chi connectivity index (χ1n) is 15.4. The molecule has 5 aromatic carbocycles. The number of benzene rings is 5. The van der Waals surface area contributed by atoms with Gasteiger partial charge < -0.3 is 4.74 Å². The maximum Gasteiger partial charge on any atom is 0.161 e. The van der Waals surface area contributed by atoms with Gasteiger partial charge in [0.05, 0.1) is 16.8 Å². The highest BCUT2D eigenvalue weighted by molar-refractivity contribution is 5.85. The molecule has 0 amide bonds. The second-order valence-electron chi connectivity index (χ2n) is 11.6. The second kappa shape index (κ2) is 10.5. The van der Waals surface area contributed by atoms with E-state index in [1.807, 2.05) is 48.7 Å². The maximum absolute atomic E-state index is 6.57. The summed E-state index contributed by atoms with van der Waals surface area (Å²) in [5.74, 6) is 2.36. The lowest BCUT2D eigenvalue weighted by Gasteiger charge is -2.42. The Hall–Kier alpha value is -6.13. The van der Waals surface area contributed by atoms with Crippen LogP contribution in [0.1, 0.15) is 33.4 Å². The van der Waals surface area contributed by atoms with Crippen molar-refractivity contribution in [3.05, 3.63) is 185 Å². The average molecular weight is 590 g/mol. The number of para-hydroxylation sites is 2. The van der Waals surface area contributed by atoms with E-state index in [1.165, 1.54) is 16.7 Å². The number of aromatic nitrogens is 3. The van der Waals surface area contributed by atoms with Gasteiger partial charge >= 0.3 is 0 Å². The molecule has 1 aliphatic heterocycles. The molecule has 4 heteroatoms. The quantitative estimate of drug-likeness (QED) is 0.206. The fraction of sp³-hybridized carbons (Fsp3) is 0.0238. The largest absolute Gasteiger partial charge is 0.457 e. The van der Waals surface area contributed by atoms with Crippen LogP contribution in [0.4, 0.5) is 0 Å². The number of pyridine rings is 1. The molecule has 2 aliphatic rings. The molecule has 0 atom stereocenters. The lowest BCUT2D eigenvalue weighted by molar-refractivity contribution is 0.434. The van der Waals surface area contributed by atoms with Gasteiger partial charge in [0.15, 0.2) is 5.82 Å². The summed E-state index contributed by atoms with van der Waals surface area (Å²) in [7, 11) is 0. The van der Waals surface area contributed by atoms with Crippen molar-refractivity contribution in [2.75, 3.05) is 0 Å². The number of hydrogen-bond donors (Lipinski definition) is 0. The summed E-state index contributed by atoms with van der Waals surface area (Å²) in [5, 5.41) is 0. The highest BCUT2D eigenvalue weighted by Crippen LogP contribution is 2.57. The highest BCUT2D eigenvalue weighted by Gasteiger charge is 2.47. The average Bonchev–Trinajstić information content (AvgIpc) is 3.27. The van der Waals surface area contributed by atoms with Crippen LogP contribution in [0.5, 0.6) is 11.5 Å². The van der Waals surface area contributed by atoms with Crippen molar-refractivity contribution in [1.29, 1.82) is 0 Å². The van der Waals surface area contributed by atoms with Crippen LogP contribution in [0, 0.1) is 0 Å². The van der Waals surface area contributed by atoms with E-state index >= 15 is 0 Å². The molecule has 1 aliphatic carbocycles. The molecule has 4 nitrogen and oxygen atoms in total. The lowest BCUT2D eigenvalue weighted by atomic mass is 9.62. The minimum absolute atomic E-state index is 0.627. The van der Waals surface area contributed by atoms with Crippen molar-refractivity contribution in [1.82, 2.24) is 15.0 Å². The number of nitrogens with zero attached hydrogens (tertiary/aromatic N) is 3. The SMILES string of the molecule is C1=Cc2ccc(-c3cc(-c4ccccc4)nc(-c4cccnc4)n3)cc2C2(c3ccccc31)c1ccccc1Oc1ccccc12. The van der Waals surface area contributed by atoms with Crippen molar-refractivity contribution >= 4 is 12.2 Å². The van der Waals surface area contributed by atoms with Gasteiger partial charge in [-0.1, -0.05) is 115 Å². The molecule has 0 radical (unpaired) electrons. The molecule has 0 saturated carbocycles. The molecule has 0 unspecified atom stereocenters. The topological polar surface area (TPSA) is 47.9 Å².